The van der Waals surface area contributed by atoms with Gasteiger partial charge in [0.25, 0.3) is 5.91 Å². The molecule has 0 bridgehead atoms. The summed E-state index contributed by atoms with van der Waals surface area (Å²) in [6.07, 6.45) is 8.55. The molecule has 0 spiro atoms. The molecule has 1 aliphatic heterocycles. The van der Waals surface area contributed by atoms with Crippen molar-refractivity contribution in [2.24, 2.45) is 5.92 Å². The number of amides is 2. The van der Waals surface area contributed by atoms with Gasteiger partial charge in [-0.1, -0.05) is 25.6 Å². The predicted octanol–water partition coefficient (Wildman–Crippen LogP) is 4.95. The standard InChI is InChI=1S/C29H31FN8O2P2/c1-5-21-25(36-22(12-31-21)23-20(28(41)42)7-6-15(2)24(23)30)26(39)35-19-11-33-37(14-19)13-18-10-32-29(34-17(18)4)38-9-8-16(3)27(38)40/h5-7,10-12,14,16,28H,1,8-9,13,41-42H2,2-4H3,(H,35,39)/t16-/m1/s1. The SMILES string of the molecule is C=Cc1ncc(-c2c(C(P)P)ccc(C)c2F)nc1C(=O)Nc1cnn(Cc2cnc(N3CC[C@@H](C)C3=O)nc2C)c1. The lowest BCUT2D eigenvalue weighted by molar-refractivity contribution is -0.119. The van der Waals surface area contributed by atoms with Crippen molar-refractivity contribution < 1.29 is 14.0 Å². The Labute approximate surface area is 247 Å². The minimum absolute atomic E-state index is 0.0109. The van der Waals surface area contributed by atoms with Crippen LogP contribution in [0.4, 0.5) is 16.0 Å². The van der Waals surface area contributed by atoms with Crippen LogP contribution in [0.15, 0.2) is 43.5 Å². The van der Waals surface area contributed by atoms with E-state index in [1.165, 1.54) is 18.5 Å². The average molecular weight is 605 g/mol. The lowest BCUT2D eigenvalue weighted by Gasteiger charge is -2.15. The summed E-state index contributed by atoms with van der Waals surface area (Å²) in [6.45, 7) is 10.2. The molecule has 3 aromatic heterocycles. The van der Waals surface area contributed by atoms with Crippen molar-refractivity contribution in [3.05, 3.63) is 83.1 Å². The monoisotopic (exact) mass is 604 g/mol. The van der Waals surface area contributed by atoms with Gasteiger partial charge in [0.2, 0.25) is 11.9 Å². The highest BCUT2D eigenvalue weighted by molar-refractivity contribution is 7.37. The third-order valence-electron chi connectivity index (χ3n) is 7.20. The summed E-state index contributed by atoms with van der Waals surface area (Å²) in [5.41, 5.74) is 3.98. The van der Waals surface area contributed by atoms with Gasteiger partial charge in [0.1, 0.15) is 5.82 Å². The molecule has 0 aliphatic carbocycles. The van der Waals surface area contributed by atoms with E-state index in [1.54, 1.807) is 35.0 Å². The van der Waals surface area contributed by atoms with Gasteiger partial charge in [-0.2, -0.15) is 5.10 Å². The fourth-order valence-corrected chi connectivity index (χ4v) is 5.29. The molecule has 5 rings (SSSR count). The number of nitrogens with one attached hydrogen (secondary N) is 1. The molecule has 10 nitrogen and oxygen atoms in total. The Kier molecular flexibility index (Phi) is 8.53. The van der Waals surface area contributed by atoms with Crippen molar-refractivity contribution in [2.75, 3.05) is 16.8 Å². The highest BCUT2D eigenvalue weighted by atomic mass is 31.1. The van der Waals surface area contributed by atoms with Gasteiger partial charge in [-0.05, 0) is 37.5 Å². The maximum absolute atomic E-state index is 15.3. The highest BCUT2D eigenvalue weighted by Gasteiger charge is 2.31. The molecule has 1 saturated heterocycles. The van der Waals surface area contributed by atoms with E-state index in [0.717, 1.165) is 17.7 Å². The molecule has 1 N–H and O–H groups in total. The molecule has 1 aliphatic rings. The van der Waals surface area contributed by atoms with Gasteiger partial charge >= 0.3 is 0 Å². The molecule has 4 heterocycles. The van der Waals surface area contributed by atoms with Gasteiger partial charge in [0, 0.05) is 47.1 Å². The van der Waals surface area contributed by atoms with Gasteiger partial charge in [0.15, 0.2) is 5.69 Å². The summed E-state index contributed by atoms with van der Waals surface area (Å²) < 4.78 is 16.9. The van der Waals surface area contributed by atoms with Crippen molar-refractivity contribution in [3.8, 4) is 11.3 Å². The van der Waals surface area contributed by atoms with Crippen LogP contribution in [-0.2, 0) is 11.3 Å². The first kappa shape index (κ1) is 29.5. The quantitative estimate of drug-likeness (QED) is 0.283. The summed E-state index contributed by atoms with van der Waals surface area (Å²) in [4.78, 5) is 45.1. The average Bonchev–Trinajstić information content (AvgIpc) is 3.55. The summed E-state index contributed by atoms with van der Waals surface area (Å²) in [5.74, 6) is -0.530. The Morgan fingerprint density at radius 3 is 2.67 bits per heavy atom. The van der Waals surface area contributed by atoms with Crippen LogP contribution < -0.4 is 10.2 Å². The summed E-state index contributed by atoms with van der Waals surface area (Å²) in [5, 5.41) is 7.02. The van der Waals surface area contributed by atoms with E-state index >= 15 is 4.39 Å². The molecule has 216 valence electrons. The molecule has 3 atom stereocenters. The first-order valence-electron chi connectivity index (χ1n) is 13.3. The van der Waals surface area contributed by atoms with Gasteiger partial charge in [-0.3, -0.25) is 24.2 Å². The van der Waals surface area contributed by atoms with E-state index in [1.807, 2.05) is 19.9 Å². The molecule has 0 saturated carbocycles. The number of anilines is 2. The molecule has 0 radical (unpaired) electrons. The van der Waals surface area contributed by atoms with Crippen LogP contribution in [0.2, 0.25) is 0 Å². The Balaban J connectivity index is 1.35. The summed E-state index contributed by atoms with van der Waals surface area (Å²) in [6, 6.07) is 3.55. The summed E-state index contributed by atoms with van der Waals surface area (Å²) >= 11 is 0. The topological polar surface area (TPSA) is 119 Å². The van der Waals surface area contributed by atoms with Crippen LogP contribution in [0.3, 0.4) is 0 Å². The van der Waals surface area contributed by atoms with Crippen LogP contribution in [-0.4, -0.2) is 48.1 Å². The maximum Gasteiger partial charge on any atom is 0.276 e. The van der Waals surface area contributed by atoms with Crippen molar-refractivity contribution in [2.45, 2.75) is 39.1 Å². The molecule has 1 fully saturated rings. The number of hydrogen-bond donors (Lipinski definition) is 1. The zero-order chi connectivity index (χ0) is 30.1. The van der Waals surface area contributed by atoms with Crippen LogP contribution in [0.1, 0.15) is 57.3 Å². The molecule has 42 heavy (non-hydrogen) atoms. The molecule has 13 heteroatoms. The van der Waals surface area contributed by atoms with Gasteiger partial charge in [-0.25, -0.2) is 19.3 Å². The van der Waals surface area contributed by atoms with Crippen molar-refractivity contribution in [3.63, 3.8) is 0 Å². The Morgan fingerprint density at radius 1 is 1.21 bits per heavy atom. The largest absolute Gasteiger partial charge is 0.318 e. The third kappa shape index (κ3) is 5.85. The van der Waals surface area contributed by atoms with Crippen molar-refractivity contribution >= 4 is 48.0 Å². The van der Waals surface area contributed by atoms with Crippen LogP contribution in [0.25, 0.3) is 17.3 Å². The first-order chi connectivity index (χ1) is 20.1. The highest BCUT2D eigenvalue weighted by Crippen LogP contribution is 2.39. The predicted molar refractivity (Wildman–Crippen MR) is 167 cm³/mol. The van der Waals surface area contributed by atoms with E-state index in [0.29, 0.717) is 41.4 Å². The Morgan fingerprint density at radius 2 is 2.00 bits per heavy atom. The second kappa shape index (κ2) is 12.1. The number of aromatic nitrogens is 6. The maximum atomic E-state index is 15.3. The van der Waals surface area contributed by atoms with E-state index < -0.39 is 11.7 Å². The lowest BCUT2D eigenvalue weighted by Crippen LogP contribution is -2.28. The molecular formula is C29H31FN8O2P2. The smallest absolute Gasteiger partial charge is 0.276 e. The fraction of sp³-hybridized carbons (Fsp3) is 0.276. The Hall–Kier alpha value is -3.94. The molecular weight excluding hydrogens is 573 g/mol. The first-order valence-corrected chi connectivity index (χ1v) is 14.7. The number of benzene rings is 1. The fourth-order valence-electron chi connectivity index (χ4n) is 4.73. The van der Waals surface area contributed by atoms with Crippen molar-refractivity contribution in [1.82, 2.24) is 29.7 Å². The van der Waals surface area contributed by atoms with Crippen molar-refractivity contribution in [1.29, 1.82) is 0 Å². The number of halogens is 1. The van der Waals surface area contributed by atoms with E-state index in [4.69, 9.17) is 0 Å². The van der Waals surface area contributed by atoms with Crippen LogP contribution in [0.5, 0.6) is 0 Å². The normalized spacial score (nSPS) is 15.0. The molecule has 1 aromatic carbocycles. The summed E-state index contributed by atoms with van der Waals surface area (Å²) in [7, 11) is 5.25. The zero-order valence-electron chi connectivity index (χ0n) is 23.5. The minimum atomic E-state index is -0.532. The minimum Gasteiger partial charge on any atom is -0.318 e. The lowest BCUT2D eigenvalue weighted by atomic mass is 10.0. The number of carbonyl (C=O) groups excluding carboxylic acids is 2. The number of rotatable bonds is 8. The second-order valence-electron chi connectivity index (χ2n) is 10.2. The Bertz CT molecular complexity index is 1710. The number of carbonyl (C=O) groups is 2. The van der Waals surface area contributed by atoms with E-state index in [-0.39, 0.29) is 34.3 Å². The second-order valence-corrected chi connectivity index (χ2v) is 12.4. The van der Waals surface area contributed by atoms with Crippen LogP contribution in [0, 0.1) is 25.6 Å². The molecule has 4 aromatic rings. The zero-order valence-corrected chi connectivity index (χ0v) is 25.8. The van der Waals surface area contributed by atoms with E-state index in [9.17, 15) is 9.59 Å². The molecule has 2 amide bonds. The van der Waals surface area contributed by atoms with E-state index in [2.05, 4.69) is 55.4 Å². The van der Waals surface area contributed by atoms with Gasteiger partial charge < -0.3 is 5.32 Å². The van der Waals surface area contributed by atoms with Gasteiger partial charge in [-0.15, -0.1) is 18.5 Å². The van der Waals surface area contributed by atoms with Crippen LogP contribution >= 0.6 is 18.5 Å². The molecule has 2 unspecified atom stereocenters. The van der Waals surface area contributed by atoms with Gasteiger partial charge in [0.05, 0.1) is 36.0 Å². The number of aryl methyl sites for hydroxylation is 2. The number of hydrogen-bond acceptors (Lipinski definition) is 7. The third-order valence-corrected chi connectivity index (χ3v) is 7.92. The number of nitrogens with zero attached hydrogens (tertiary/aromatic N) is 7.